The van der Waals surface area contributed by atoms with Crippen molar-refractivity contribution in [1.82, 2.24) is 15.0 Å². The summed E-state index contributed by atoms with van der Waals surface area (Å²) in [5.41, 5.74) is 1.04. The standard InChI is InChI=1S/C4H6IN3/c1-8-6-3-4(2-5)7-8/h3H,2H2,1H3. The van der Waals surface area contributed by atoms with E-state index in [2.05, 4.69) is 32.8 Å². The maximum Gasteiger partial charge on any atom is 0.0924 e. The summed E-state index contributed by atoms with van der Waals surface area (Å²) in [6.45, 7) is 0. The summed E-state index contributed by atoms with van der Waals surface area (Å²) >= 11 is 2.25. The molecular formula is C4H6IN3. The lowest BCUT2D eigenvalue weighted by atomic mass is 10.6. The van der Waals surface area contributed by atoms with Gasteiger partial charge in [0.15, 0.2) is 0 Å². The molecule has 0 aliphatic rings. The highest BCUT2D eigenvalue weighted by atomic mass is 127. The molecule has 0 aliphatic heterocycles. The molecule has 0 saturated carbocycles. The quantitative estimate of drug-likeness (QED) is 0.519. The van der Waals surface area contributed by atoms with Gasteiger partial charge in [-0.2, -0.15) is 15.0 Å². The maximum atomic E-state index is 4.03. The number of hydrogen-bond acceptors (Lipinski definition) is 2. The molecule has 4 heteroatoms. The second kappa shape index (κ2) is 2.43. The second-order valence-electron chi connectivity index (χ2n) is 1.46. The predicted octanol–water partition coefficient (Wildman–Crippen LogP) is 0.750. The first-order valence-corrected chi connectivity index (χ1v) is 3.76. The average Bonchev–Trinajstić information content (AvgIpc) is 2.14. The van der Waals surface area contributed by atoms with E-state index in [0.29, 0.717) is 0 Å². The Hall–Kier alpha value is -0.130. The van der Waals surface area contributed by atoms with Crippen molar-refractivity contribution >= 4 is 22.6 Å². The van der Waals surface area contributed by atoms with E-state index >= 15 is 0 Å². The molecule has 0 atom stereocenters. The summed E-state index contributed by atoms with van der Waals surface area (Å²) in [5, 5.41) is 7.92. The van der Waals surface area contributed by atoms with Gasteiger partial charge in [-0.3, -0.25) is 0 Å². The van der Waals surface area contributed by atoms with Crippen LogP contribution in [-0.2, 0) is 11.5 Å². The lowest BCUT2D eigenvalue weighted by molar-refractivity contribution is 0.649. The zero-order chi connectivity index (χ0) is 5.98. The second-order valence-corrected chi connectivity index (χ2v) is 2.22. The third kappa shape index (κ3) is 1.18. The third-order valence-corrected chi connectivity index (χ3v) is 1.57. The van der Waals surface area contributed by atoms with Crippen molar-refractivity contribution in [2.45, 2.75) is 4.43 Å². The first kappa shape index (κ1) is 6.00. The third-order valence-electron chi connectivity index (χ3n) is 0.784. The number of hydrogen-bond donors (Lipinski definition) is 0. The molecule has 1 aromatic heterocycles. The fourth-order valence-corrected chi connectivity index (χ4v) is 0.798. The molecule has 0 N–H and O–H groups in total. The van der Waals surface area contributed by atoms with Crippen molar-refractivity contribution in [2.75, 3.05) is 0 Å². The Labute approximate surface area is 61.2 Å². The molecule has 0 bridgehead atoms. The van der Waals surface area contributed by atoms with Crippen molar-refractivity contribution < 1.29 is 0 Å². The zero-order valence-electron chi connectivity index (χ0n) is 4.50. The Kier molecular flexibility index (Phi) is 1.82. The van der Waals surface area contributed by atoms with Gasteiger partial charge in [-0.05, 0) is 0 Å². The molecule has 1 rings (SSSR count). The Morgan fingerprint density at radius 1 is 1.88 bits per heavy atom. The molecule has 44 valence electrons. The minimum atomic E-state index is 0.936. The number of aromatic nitrogens is 3. The summed E-state index contributed by atoms with van der Waals surface area (Å²) in [6.07, 6.45) is 1.77. The van der Waals surface area contributed by atoms with Crippen LogP contribution in [0, 0.1) is 0 Å². The highest BCUT2D eigenvalue weighted by Gasteiger charge is 1.90. The van der Waals surface area contributed by atoms with Gasteiger partial charge in [0.1, 0.15) is 0 Å². The van der Waals surface area contributed by atoms with Crippen molar-refractivity contribution in [3.63, 3.8) is 0 Å². The van der Waals surface area contributed by atoms with Crippen molar-refractivity contribution in [3.05, 3.63) is 11.9 Å². The van der Waals surface area contributed by atoms with E-state index in [1.165, 1.54) is 0 Å². The van der Waals surface area contributed by atoms with Gasteiger partial charge in [-0.25, -0.2) is 0 Å². The lowest BCUT2D eigenvalue weighted by Crippen LogP contribution is -1.91. The van der Waals surface area contributed by atoms with Crippen LogP contribution in [0.2, 0.25) is 0 Å². The van der Waals surface area contributed by atoms with Crippen LogP contribution in [0.1, 0.15) is 5.69 Å². The highest BCUT2D eigenvalue weighted by molar-refractivity contribution is 14.1. The molecule has 0 aromatic carbocycles. The summed E-state index contributed by atoms with van der Waals surface area (Å²) in [4.78, 5) is 1.56. The first-order valence-electron chi connectivity index (χ1n) is 2.24. The summed E-state index contributed by atoms with van der Waals surface area (Å²) in [6, 6.07) is 0. The Morgan fingerprint density at radius 3 is 2.88 bits per heavy atom. The fourth-order valence-electron chi connectivity index (χ4n) is 0.449. The summed E-state index contributed by atoms with van der Waals surface area (Å²) < 4.78 is 0.936. The Morgan fingerprint density at radius 2 is 2.62 bits per heavy atom. The monoisotopic (exact) mass is 223 g/mol. The van der Waals surface area contributed by atoms with Gasteiger partial charge in [0.25, 0.3) is 0 Å². The largest absolute Gasteiger partial charge is 0.188 e. The number of nitrogens with zero attached hydrogens (tertiary/aromatic N) is 3. The van der Waals surface area contributed by atoms with Gasteiger partial charge < -0.3 is 0 Å². The molecule has 0 spiro atoms. The van der Waals surface area contributed by atoms with Crippen LogP contribution < -0.4 is 0 Å². The molecule has 0 unspecified atom stereocenters. The van der Waals surface area contributed by atoms with E-state index in [4.69, 9.17) is 0 Å². The van der Waals surface area contributed by atoms with Gasteiger partial charge in [-0.1, -0.05) is 22.6 Å². The molecule has 0 aliphatic carbocycles. The van der Waals surface area contributed by atoms with Crippen molar-refractivity contribution in [3.8, 4) is 0 Å². The van der Waals surface area contributed by atoms with Crippen molar-refractivity contribution in [2.24, 2.45) is 7.05 Å². The molecule has 1 aromatic rings. The van der Waals surface area contributed by atoms with Crippen LogP contribution in [0.4, 0.5) is 0 Å². The topological polar surface area (TPSA) is 30.7 Å². The molecule has 0 radical (unpaired) electrons. The normalized spacial score (nSPS) is 9.75. The number of aryl methyl sites for hydroxylation is 1. The smallest absolute Gasteiger partial charge is 0.0924 e. The van der Waals surface area contributed by atoms with Gasteiger partial charge in [0.05, 0.1) is 11.9 Å². The van der Waals surface area contributed by atoms with E-state index in [1.54, 1.807) is 11.0 Å². The van der Waals surface area contributed by atoms with Gasteiger partial charge in [0.2, 0.25) is 0 Å². The molecule has 0 fully saturated rings. The molecule has 1 heterocycles. The van der Waals surface area contributed by atoms with E-state index in [1.807, 2.05) is 7.05 Å². The van der Waals surface area contributed by atoms with Crippen LogP contribution in [-0.4, -0.2) is 15.0 Å². The van der Waals surface area contributed by atoms with Gasteiger partial charge in [0, 0.05) is 11.5 Å². The summed E-state index contributed by atoms with van der Waals surface area (Å²) in [5.74, 6) is 0. The first-order chi connectivity index (χ1) is 3.83. The van der Waals surface area contributed by atoms with E-state index in [-0.39, 0.29) is 0 Å². The minimum Gasteiger partial charge on any atom is -0.188 e. The molecule has 3 nitrogen and oxygen atoms in total. The van der Waals surface area contributed by atoms with E-state index in [9.17, 15) is 0 Å². The van der Waals surface area contributed by atoms with Crippen LogP contribution >= 0.6 is 22.6 Å². The Bertz CT molecular complexity index is 172. The van der Waals surface area contributed by atoms with Crippen LogP contribution in [0.3, 0.4) is 0 Å². The highest BCUT2D eigenvalue weighted by Crippen LogP contribution is 1.97. The molecule has 0 saturated heterocycles. The average molecular weight is 223 g/mol. The molecular weight excluding hydrogens is 217 g/mol. The van der Waals surface area contributed by atoms with E-state index in [0.717, 1.165) is 10.1 Å². The predicted molar refractivity (Wildman–Crippen MR) is 38.7 cm³/mol. The molecule has 0 amide bonds. The summed E-state index contributed by atoms with van der Waals surface area (Å²) in [7, 11) is 1.82. The SMILES string of the molecule is Cn1ncc(CI)n1. The fraction of sp³-hybridized carbons (Fsp3) is 0.500. The van der Waals surface area contributed by atoms with Gasteiger partial charge in [-0.15, -0.1) is 0 Å². The van der Waals surface area contributed by atoms with Crippen LogP contribution in [0.25, 0.3) is 0 Å². The maximum absolute atomic E-state index is 4.03. The van der Waals surface area contributed by atoms with E-state index < -0.39 is 0 Å². The number of halogens is 1. The molecule has 8 heavy (non-hydrogen) atoms. The number of alkyl halides is 1. The minimum absolute atomic E-state index is 0.936. The van der Waals surface area contributed by atoms with Gasteiger partial charge >= 0.3 is 0 Å². The number of rotatable bonds is 1. The van der Waals surface area contributed by atoms with Crippen molar-refractivity contribution in [1.29, 1.82) is 0 Å². The zero-order valence-corrected chi connectivity index (χ0v) is 6.66. The lowest BCUT2D eigenvalue weighted by Gasteiger charge is -1.80. The van der Waals surface area contributed by atoms with Crippen LogP contribution in [0.15, 0.2) is 6.20 Å². The Balaban J connectivity index is 2.84. The van der Waals surface area contributed by atoms with Crippen LogP contribution in [0.5, 0.6) is 0 Å².